The van der Waals surface area contributed by atoms with Crippen molar-refractivity contribution in [3.8, 4) is 0 Å². The first-order valence-electron chi connectivity index (χ1n) is 6.45. The molecule has 2 heterocycles. The quantitative estimate of drug-likeness (QED) is 0.764. The van der Waals surface area contributed by atoms with E-state index in [0.717, 1.165) is 23.7 Å². The number of rotatable bonds is 5. The van der Waals surface area contributed by atoms with E-state index in [1.165, 1.54) is 38.9 Å². The van der Waals surface area contributed by atoms with Crippen LogP contribution < -0.4 is 11.1 Å². The monoisotopic (exact) mass is 234 g/mol. The molecule has 4 nitrogen and oxygen atoms in total. The zero-order valence-electron chi connectivity index (χ0n) is 10.6. The predicted molar refractivity (Wildman–Crippen MR) is 72.2 cm³/mol. The number of nitrogens with one attached hydrogen (secondary N) is 1. The molecule has 1 fully saturated rings. The first-order chi connectivity index (χ1) is 8.25. The largest absolute Gasteiger partial charge is 0.397 e. The third-order valence-corrected chi connectivity index (χ3v) is 3.28. The van der Waals surface area contributed by atoms with Crippen molar-refractivity contribution in [2.75, 3.05) is 37.2 Å². The Bertz CT molecular complexity index is 358. The van der Waals surface area contributed by atoms with Gasteiger partial charge in [0.2, 0.25) is 0 Å². The highest BCUT2D eigenvalue weighted by molar-refractivity contribution is 5.48. The smallest absolute Gasteiger partial charge is 0.126 e. The predicted octanol–water partition coefficient (Wildman–Crippen LogP) is 1.87. The van der Waals surface area contributed by atoms with Gasteiger partial charge in [-0.2, -0.15) is 0 Å². The molecule has 0 bridgehead atoms. The van der Waals surface area contributed by atoms with Gasteiger partial charge in [-0.25, -0.2) is 4.98 Å². The van der Waals surface area contributed by atoms with Crippen molar-refractivity contribution >= 4 is 11.5 Å². The van der Waals surface area contributed by atoms with E-state index in [4.69, 9.17) is 5.73 Å². The molecule has 0 radical (unpaired) electrons. The van der Waals surface area contributed by atoms with Crippen LogP contribution >= 0.6 is 0 Å². The number of hydrogen-bond donors (Lipinski definition) is 2. The van der Waals surface area contributed by atoms with E-state index < -0.39 is 0 Å². The number of likely N-dealkylation sites (tertiary alicyclic amines) is 1. The minimum atomic E-state index is 0.757. The summed E-state index contributed by atoms with van der Waals surface area (Å²) in [6, 6.07) is 3.85. The first-order valence-corrected chi connectivity index (χ1v) is 6.45. The minimum Gasteiger partial charge on any atom is -0.397 e. The molecule has 0 amide bonds. The fourth-order valence-electron chi connectivity index (χ4n) is 2.20. The highest BCUT2D eigenvalue weighted by Crippen LogP contribution is 2.12. The molecule has 1 saturated heterocycles. The van der Waals surface area contributed by atoms with Crippen molar-refractivity contribution in [2.24, 2.45) is 0 Å². The van der Waals surface area contributed by atoms with Gasteiger partial charge in [0.15, 0.2) is 0 Å². The zero-order valence-corrected chi connectivity index (χ0v) is 10.6. The van der Waals surface area contributed by atoms with Crippen LogP contribution in [0.3, 0.4) is 0 Å². The van der Waals surface area contributed by atoms with E-state index in [1.807, 2.05) is 19.1 Å². The van der Waals surface area contributed by atoms with E-state index in [0.29, 0.717) is 0 Å². The Labute approximate surface area is 103 Å². The normalized spacial score (nSPS) is 16.3. The van der Waals surface area contributed by atoms with Crippen LogP contribution in [-0.2, 0) is 0 Å². The Balaban J connectivity index is 1.68. The average molecular weight is 234 g/mol. The summed E-state index contributed by atoms with van der Waals surface area (Å²) in [6.07, 6.45) is 3.91. The number of nitrogens with zero attached hydrogens (tertiary/aromatic N) is 2. The first kappa shape index (κ1) is 12.2. The molecule has 1 aromatic heterocycles. The van der Waals surface area contributed by atoms with Gasteiger partial charge >= 0.3 is 0 Å². The maximum Gasteiger partial charge on any atom is 0.126 e. The fourth-order valence-corrected chi connectivity index (χ4v) is 2.20. The molecule has 4 heteroatoms. The van der Waals surface area contributed by atoms with Crippen LogP contribution in [0.25, 0.3) is 0 Å². The van der Waals surface area contributed by atoms with Crippen LogP contribution in [0.5, 0.6) is 0 Å². The van der Waals surface area contributed by atoms with Gasteiger partial charge in [-0.1, -0.05) is 0 Å². The molecule has 1 aliphatic heterocycles. The molecule has 3 N–H and O–H groups in total. The summed E-state index contributed by atoms with van der Waals surface area (Å²) in [5, 5.41) is 3.34. The lowest BCUT2D eigenvalue weighted by atomic mass is 10.3. The van der Waals surface area contributed by atoms with Gasteiger partial charge in [0.25, 0.3) is 0 Å². The summed E-state index contributed by atoms with van der Waals surface area (Å²) in [5.41, 5.74) is 7.38. The van der Waals surface area contributed by atoms with Gasteiger partial charge in [0.1, 0.15) is 5.82 Å². The highest BCUT2D eigenvalue weighted by Gasteiger charge is 2.09. The Morgan fingerprint density at radius 1 is 1.35 bits per heavy atom. The van der Waals surface area contributed by atoms with Crippen molar-refractivity contribution in [3.05, 3.63) is 17.8 Å². The van der Waals surface area contributed by atoms with Crippen LogP contribution in [0.4, 0.5) is 11.5 Å². The Kier molecular flexibility index (Phi) is 4.20. The van der Waals surface area contributed by atoms with Crippen molar-refractivity contribution in [2.45, 2.75) is 26.2 Å². The van der Waals surface area contributed by atoms with Crippen molar-refractivity contribution in [1.29, 1.82) is 0 Å². The fraction of sp³-hybridized carbons (Fsp3) is 0.615. The summed E-state index contributed by atoms with van der Waals surface area (Å²) >= 11 is 0. The SMILES string of the molecule is Cc1nc(NCCCN2CCCC2)ccc1N. The summed E-state index contributed by atoms with van der Waals surface area (Å²) in [4.78, 5) is 6.92. The molecule has 0 spiro atoms. The van der Waals surface area contributed by atoms with Gasteiger partial charge in [-0.15, -0.1) is 0 Å². The van der Waals surface area contributed by atoms with Gasteiger partial charge in [0, 0.05) is 6.54 Å². The van der Waals surface area contributed by atoms with Crippen LogP contribution in [0, 0.1) is 6.92 Å². The van der Waals surface area contributed by atoms with Crippen LogP contribution in [0.15, 0.2) is 12.1 Å². The number of nitrogen functional groups attached to an aromatic ring is 1. The Hall–Kier alpha value is -1.29. The maximum atomic E-state index is 5.73. The number of aryl methyl sites for hydroxylation is 1. The van der Waals surface area contributed by atoms with Crippen LogP contribution in [0.2, 0.25) is 0 Å². The van der Waals surface area contributed by atoms with Crippen molar-refractivity contribution < 1.29 is 0 Å². The van der Waals surface area contributed by atoms with E-state index in [9.17, 15) is 0 Å². The second-order valence-electron chi connectivity index (χ2n) is 4.70. The second-order valence-corrected chi connectivity index (χ2v) is 4.70. The van der Waals surface area contributed by atoms with E-state index in [-0.39, 0.29) is 0 Å². The molecule has 94 valence electrons. The van der Waals surface area contributed by atoms with E-state index >= 15 is 0 Å². The molecule has 0 aliphatic carbocycles. The molecular weight excluding hydrogens is 212 g/mol. The zero-order chi connectivity index (χ0) is 12.1. The number of hydrogen-bond acceptors (Lipinski definition) is 4. The summed E-state index contributed by atoms with van der Waals surface area (Å²) < 4.78 is 0. The number of anilines is 2. The highest BCUT2D eigenvalue weighted by atomic mass is 15.1. The molecule has 2 rings (SSSR count). The van der Waals surface area contributed by atoms with Gasteiger partial charge in [0.05, 0.1) is 11.4 Å². The average Bonchev–Trinajstić information content (AvgIpc) is 2.82. The van der Waals surface area contributed by atoms with E-state index in [2.05, 4.69) is 15.2 Å². The van der Waals surface area contributed by atoms with E-state index in [1.54, 1.807) is 0 Å². The summed E-state index contributed by atoms with van der Waals surface area (Å²) in [5.74, 6) is 0.929. The minimum absolute atomic E-state index is 0.757. The summed E-state index contributed by atoms with van der Waals surface area (Å²) in [6.45, 7) is 6.66. The van der Waals surface area contributed by atoms with Gasteiger partial charge in [-0.3, -0.25) is 0 Å². The molecule has 0 atom stereocenters. The molecule has 17 heavy (non-hydrogen) atoms. The molecule has 1 aliphatic rings. The lowest BCUT2D eigenvalue weighted by Crippen LogP contribution is -2.22. The van der Waals surface area contributed by atoms with Gasteiger partial charge in [-0.05, 0) is 58.0 Å². The molecule has 1 aromatic rings. The van der Waals surface area contributed by atoms with Crippen LogP contribution in [-0.4, -0.2) is 36.1 Å². The molecule has 0 saturated carbocycles. The standard InChI is InChI=1S/C13H22N4/c1-11-12(14)5-6-13(16-11)15-7-4-10-17-8-2-3-9-17/h5-6H,2-4,7-10,14H2,1H3,(H,15,16). The second kappa shape index (κ2) is 5.87. The molecular formula is C13H22N4. The summed E-state index contributed by atoms with van der Waals surface area (Å²) in [7, 11) is 0. The number of nitrogens with two attached hydrogens (primary N) is 1. The van der Waals surface area contributed by atoms with Crippen LogP contribution in [0.1, 0.15) is 25.0 Å². The third kappa shape index (κ3) is 3.60. The van der Waals surface area contributed by atoms with Crippen molar-refractivity contribution in [3.63, 3.8) is 0 Å². The Morgan fingerprint density at radius 3 is 2.82 bits per heavy atom. The topological polar surface area (TPSA) is 54.2 Å². The lowest BCUT2D eigenvalue weighted by molar-refractivity contribution is 0.337. The van der Waals surface area contributed by atoms with Gasteiger partial charge < -0.3 is 16.0 Å². The Morgan fingerprint density at radius 2 is 2.12 bits per heavy atom. The lowest BCUT2D eigenvalue weighted by Gasteiger charge is -2.14. The molecule has 0 unspecified atom stereocenters. The molecule has 0 aromatic carbocycles. The number of pyridine rings is 1. The maximum absolute atomic E-state index is 5.73. The number of aromatic nitrogens is 1. The van der Waals surface area contributed by atoms with Crippen molar-refractivity contribution in [1.82, 2.24) is 9.88 Å². The third-order valence-electron chi connectivity index (χ3n) is 3.28.